The SMILES string of the molecule is COC(=O)C(CCC#C[Si](C)(C)C)C(=O)OC. The van der Waals surface area contributed by atoms with Gasteiger partial charge < -0.3 is 9.47 Å². The van der Waals surface area contributed by atoms with E-state index < -0.39 is 25.9 Å². The number of esters is 2. The van der Waals surface area contributed by atoms with E-state index in [-0.39, 0.29) is 0 Å². The first kappa shape index (κ1) is 15.7. The lowest BCUT2D eigenvalue weighted by molar-refractivity contribution is -0.159. The molecule has 0 aliphatic rings. The van der Waals surface area contributed by atoms with Gasteiger partial charge in [-0.15, -0.1) is 11.5 Å². The molecule has 0 spiro atoms. The standard InChI is InChI=1S/C12H20O4Si/c1-15-11(13)10(12(14)16-2)8-6-7-9-17(3,4)5/h10H,6,8H2,1-5H3. The molecule has 0 aromatic rings. The van der Waals surface area contributed by atoms with Crippen molar-refractivity contribution in [2.45, 2.75) is 32.5 Å². The predicted octanol–water partition coefficient (Wildman–Crippen LogP) is 1.61. The Labute approximate surface area is 104 Å². The van der Waals surface area contributed by atoms with Crippen LogP contribution in [0.5, 0.6) is 0 Å². The summed E-state index contributed by atoms with van der Waals surface area (Å²) < 4.78 is 9.11. The largest absolute Gasteiger partial charge is 0.468 e. The summed E-state index contributed by atoms with van der Waals surface area (Å²) in [6, 6.07) is 0. The van der Waals surface area contributed by atoms with Crippen LogP contribution in [0.3, 0.4) is 0 Å². The summed E-state index contributed by atoms with van der Waals surface area (Å²) >= 11 is 0. The van der Waals surface area contributed by atoms with Gasteiger partial charge in [-0.2, -0.15) is 0 Å². The molecule has 0 saturated carbocycles. The molecule has 17 heavy (non-hydrogen) atoms. The highest BCUT2D eigenvalue weighted by molar-refractivity contribution is 6.83. The van der Waals surface area contributed by atoms with E-state index >= 15 is 0 Å². The first-order valence-corrected chi connectivity index (χ1v) is 8.97. The zero-order chi connectivity index (χ0) is 13.5. The number of methoxy groups -OCH3 is 2. The van der Waals surface area contributed by atoms with Gasteiger partial charge in [-0.1, -0.05) is 19.6 Å². The highest BCUT2D eigenvalue weighted by Crippen LogP contribution is 2.10. The van der Waals surface area contributed by atoms with Crippen molar-refractivity contribution in [2.75, 3.05) is 14.2 Å². The summed E-state index contributed by atoms with van der Waals surface area (Å²) in [6.45, 7) is 6.41. The Hall–Kier alpha value is -1.28. The normalized spacial score (nSPS) is 10.5. The minimum absolute atomic E-state index is 0.344. The fourth-order valence-electron chi connectivity index (χ4n) is 1.16. The van der Waals surface area contributed by atoms with Crippen LogP contribution in [0.4, 0.5) is 0 Å². The van der Waals surface area contributed by atoms with Crippen LogP contribution in [0, 0.1) is 17.4 Å². The molecule has 96 valence electrons. The first-order valence-electron chi connectivity index (χ1n) is 5.47. The van der Waals surface area contributed by atoms with Crippen molar-refractivity contribution in [3.8, 4) is 11.5 Å². The Morgan fingerprint density at radius 2 is 1.59 bits per heavy atom. The van der Waals surface area contributed by atoms with E-state index in [0.29, 0.717) is 12.8 Å². The molecular formula is C12H20O4Si. The molecule has 0 aromatic carbocycles. The number of carbonyl (C=O) groups excluding carboxylic acids is 2. The van der Waals surface area contributed by atoms with E-state index in [1.54, 1.807) is 0 Å². The number of carbonyl (C=O) groups is 2. The number of rotatable bonds is 4. The minimum Gasteiger partial charge on any atom is -0.468 e. The van der Waals surface area contributed by atoms with Crippen molar-refractivity contribution in [2.24, 2.45) is 5.92 Å². The van der Waals surface area contributed by atoms with E-state index in [0.717, 1.165) is 0 Å². The maximum Gasteiger partial charge on any atom is 0.320 e. The van der Waals surface area contributed by atoms with Crippen molar-refractivity contribution in [3.05, 3.63) is 0 Å². The van der Waals surface area contributed by atoms with E-state index in [1.807, 2.05) is 0 Å². The molecule has 0 radical (unpaired) electrons. The maximum atomic E-state index is 11.3. The molecule has 0 saturated heterocycles. The average Bonchev–Trinajstić information content (AvgIpc) is 2.26. The zero-order valence-electron chi connectivity index (χ0n) is 11.1. The van der Waals surface area contributed by atoms with Crippen LogP contribution in [-0.2, 0) is 19.1 Å². The van der Waals surface area contributed by atoms with Crippen molar-refractivity contribution in [1.82, 2.24) is 0 Å². The second kappa shape index (κ2) is 7.12. The summed E-state index contributed by atoms with van der Waals surface area (Å²) in [7, 11) is 1.12. The fourth-order valence-corrected chi connectivity index (χ4v) is 1.82. The van der Waals surface area contributed by atoms with Gasteiger partial charge in [0, 0.05) is 6.42 Å². The molecular weight excluding hydrogens is 236 g/mol. The molecule has 0 fully saturated rings. The first-order chi connectivity index (χ1) is 7.81. The Balaban J connectivity index is 4.41. The van der Waals surface area contributed by atoms with Crippen LogP contribution in [0.2, 0.25) is 19.6 Å². The van der Waals surface area contributed by atoms with Crippen molar-refractivity contribution in [1.29, 1.82) is 0 Å². The Bertz CT molecular complexity index is 317. The summed E-state index contributed by atoms with van der Waals surface area (Å²) in [4.78, 5) is 22.7. The fraction of sp³-hybridized carbons (Fsp3) is 0.667. The molecule has 0 rings (SSSR count). The minimum atomic E-state index is -1.39. The van der Waals surface area contributed by atoms with E-state index in [2.05, 4.69) is 40.6 Å². The number of hydrogen-bond acceptors (Lipinski definition) is 4. The molecule has 0 unspecified atom stereocenters. The van der Waals surface area contributed by atoms with Crippen LogP contribution in [0.25, 0.3) is 0 Å². The summed E-state index contributed by atoms with van der Waals surface area (Å²) in [5.74, 6) is 1.02. The van der Waals surface area contributed by atoms with Crippen molar-refractivity contribution in [3.63, 3.8) is 0 Å². The van der Waals surface area contributed by atoms with Gasteiger partial charge in [0.05, 0.1) is 14.2 Å². The van der Waals surface area contributed by atoms with Gasteiger partial charge in [-0.25, -0.2) is 0 Å². The molecule has 0 atom stereocenters. The molecule has 0 amide bonds. The smallest absolute Gasteiger partial charge is 0.320 e. The molecule has 4 nitrogen and oxygen atoms in total. The van der Waals surface area contributed by atoms with Crippen molar-refractivity contribution >= 4 is 20.0 Å². The van der Waals surface area contributed by atoms with Crippen LogP contribution < -0.4 is 0 Å². The number of ether oxygens (including phenoxy) is 2. The molecule has 0 N–H and O–H groups in total. The summed E-state index contributed by atoms with van der Waals surface area (Å²) in [5, 5.41) is 0. The molecule has 0 heterocycles. The van der Waals surface area contributed by atoms with Gasteiger partial charge in [0.25, 0.3) is 0 Å². The van der Waals surface area contributed by atoms with Crippen molar-refractivity contribution < 1.29 is 19.1 Å². The van der Waals surface area contributed by atoms with Gasteiger partial charge in [0.15, 0.2) is 5.92 Å². The molecule has 5 heteroatoms. The topological polar surface area (TPSA) is 52.6 Å². The Morgan fingerprint density at radius 1 is 1.12 bits per heavy atom. The lowest BCUT2D eigenvalue weighted by Crippen LogP contribution is -2.26. The van der Waals surface area contributed by atoms with Crippen LogP contribution in [0.1, 0.15) is 12.8 Å². The zero-order valence-corrected chi connectivity index (χ0v) is 12.1. The third kappa shape index (κ3) is 6.79. The summed E-state index contributed by atoms with van der Waals surface area (Å²) in [6.07, 6.45) is 0.843. The molecule has 0 aliphatic carbocycles. The van der Waals surface area contributed by atoms with Gasteiger partial charge in [-0.05, 0) is 6.42 Å². The van der Waals surface area contributed by atoms with Gasteiger partial charge in [0.1, 0.15) is 8.07 Å². The van der Waals surface area contributed by atoms with Gasteiger partial charge in [-0.3, -0.25) is 9.59 Å². The van der Waals surface area contributed by atoms with Gasteiger partial charge >= 0.3 is 11.9 Å². The second-order valence-electron chi connectivity index (χ2n) is 4.69. The average molecular weight is 256 g/mol. The highest BCUT2D eigenvalue weighted by Gasteiger charge is 2.27. The highest BCUT2D eigenvalue weighted by atomic mass is 28.3. The quantitative estimate of drug-likeness (QED) is 0.332. The van der Waals surface area contributed by atoms with Crippen LogP contribution >= 0.6 is 0 Å². The maximum absolute atomic E-state index is 11.3. The predicted molar refractivity (Wildman–Crippen MR) is 67.9 cm³/mol. The van der Waals surface area contributed by atoms with Crippen LogP contribution in [-0.4, -0.2) is 34.2 Å². The van der Waals surface area contributed by atoms with E-state index in [1.165, 1.54) is 14.2 Å². The van der Waals surface area contributed by atoms with E-state index in [4.69, 9.17) is 0 Å². The Kier molecular flexibility index (Phi) is 6.59. The van der Waals surface area contributed by atoms with E-state index in [9.17, 15) is 9.59 Å². The third-order valence-electron chi connectivity index (χ3n) is 1.99. The summed E-state index contributed by atoms with van der Waals surface area (Å²) in [5.41, 5.74) is 3.18. The molecule has 0 bridgehead atoms. The second-order valence-corrected chi connectivity index (χ2v) is 9.44. The Morgan fingerprint density at radius 3 is 1.94 bits per heavy atom. The lowest BCUT2D eigenvalue weighted by Gasteiger charge is -2.10. The lowest BCUT2D eigenvalue weighted by atomic mass is 10.0. The van der Waals surface area contributed by atoms with Gasteiger partial charge in [0.2, 0.25) is 0 Å². The molecule has 0 aromatic heterocycles. The monoisotopic (exact) mass is 256 g/mol. The number of hydrogen-bond donors (Lipinski definition) is 0. The van der Waals surface area contributed by atoms with Crippen LogP contribution in [0.15, 0.2) is 0 Å². The third-order valence-corrected chi connectivity index (χ3v) is 2.92. The molecule has 0 aliphatic heterocycles.